The molecule has 1 aliphatic heterocycles. The number of carbonyl (C=O) groups excluding carboxylic acids is 2. The lowest BCUT2D eigenvalue weighted by Gasteiger charge is -2.29. The van der Waals surface area contributed by atoms with Crippen LogP contribution in [0.4, 0.5) is 5.69 Å². The van der Waals surface area contributed by atoms with Crippen LogP contribution in [0.2, 0.25) is 0 Å². The zero-order valence-electron chi connectivity index (χ0n) is 15.3. The Labute approximate surface area is 156 Å². The van der Waals surface area contributed by atoms with E-state index >= 15 is 0 Å². The smallest absolute Gasteiger partial charge is 0.328 e. The predicted octanol–water partition coefficient (Wildman–Crippen LogP) is 3.73. The number of hydrogen-bond donors (Lipinski definition) is 0. The minimum Gasteiger partial charge on any atom is -0.467 e. The van der Waals surface area contributed by atoms with E-state index in [9.17, 15) is 19.7 Å². The fourth-order valence-electron chi connectivity index (χ4n) is 3.55. The molecule has 0 saturated heterocycles. The van der Waals surface area contributed by atoms with Crippen molar-refractivity contribution in [2.75, 3.05) is 7.11 Å². The van der Waals surface area contributed by atoms with Gasteiger partial charge in [-0.15, -0.1) is 0 Å². The van der Waals surface area contributed by atoms with Gasteiger partial charge in [-0.3, -0.25) is 14.9 Å². The number of nitro benzene ring substituents is 1. The second-order valence-electron chi connectivity index (χ2n) is 6.44. The van der Waals surface area contributed by atoms with E-state index in [1.165, 1.54) is 19.2 Å². The predicted molar refractivity (Wildman–Crippen MR) is 99.2 cm³/mol. The monoisotopic (exact) mass is 368 g/mol. The molecule has 1 amide bonds. The Morgan fingerprint density at radius 1 is 1.22 bits per heavy atom. The van der Waals surface area contributed by atoms with Gasteiger partial charge in [0.1, 0.15) is 6.04 Å². The summed E-state index contributed by atoms with van der Waals surface area (Å²) in [6, 6.07) is 10.8. The molecule has 0 fully saturated rings. The van der Waals surface area contributed by atoms with Crippen LogP contribution in [0.5, 0.6) is 0 Å². The Morgan fingerprint density at radius 2 is 1.85 bits per heavy atom. The van der Waals surface area contributed by atoms with Crippen LogP contribution in [-0.2, 0) is 9.53 Å². The molecule has 140 valence electrons. The van der Waals surface area contributed by atoms with Gasteiger partial charge in [0, 0.05) is 17.7 Å². The molecule has 0 spiro atoms. The van der Waals surface area contributed by atoms with Gasteiger partial charge in [-0.1, -0.05) is 13.0 Å². The molecule has 0 aromatic heterocycles. The van der Waals surface area contributed by atoms with Crippen LogP contribution in [0.1, 0.15) is 42.2 Å². The van der Waals surface area contributed by atoms with Gasteiger partial charge in [-0.05, 0) is 54.3 Å². The molecule has 0 unspecified atom stereocenters. The molecule has 0 radical (unpaired) electrons. The van der Waals surface area contributed by atoms with Crippen LogP contribution in [-0.4, -0.2) is 34.9 Å². The molecule has 1 aliphatic rings. The molecule has 0 bridgehead atoms. The fraction of sp³-hybridized carbons (Fsp3) is 0.300. The van der Waals surface area contributed by atoms with Crippen molar-refractivity contribution in [1.29, 1.82) is 0 Å². The van der Waals surface area contributed by atoms with Crippen LogP contribution >= 0.6 is 0 Å². The highest BCUT2D eigenvalue weighted by Crippen LogP contribution is 2.38. The average molecular weight is 368 g/mol. The van der Waals surface area contributed by atoms with Gasteiger partial charge in [-0.2, -0.15) is 0 Å². The number of non-ortho nitro benzene ring substituents is 1. The maximum Gasteiger partial charge on any atom is 0.328 e. The minimum atomic E-state index is -0.632. The summed E-state index contributed by atoms with van der Waals surface area (Å²) in [5.74, 6) is -0.619. The van der Waals surface area contributed by atoms with Crippen LogP contribution in [0, 0.1) is 10.1 Å². The lowest BCUT2D eigenvalue weighted by molar-refractivity contribution is -0.384. The summed E-state index contributed by atoms with van der Waals surface area (Å²) in [7, 11) is 1.32. The molecule has 2 aromatic carbocycles. The van der Waals surface area contributed by atoms with Gasteiger partial charge in [0.25, 0.3) is 11.6 Å². The molecule has 0 saturated carbocycles. The zero-order valence-corrected chi connectivity index (χ0v) is 15.3. The summed E-state index contributed by atoms with van der Waals surface area (Å²) >= 11 is 0. The molecule has 2 aromatic rings. The van der Waals surface area contributed by atoms with Crippen molar-refractivity contribution >= 4 is 17.6 Å². The Bertz CT molecular complexity index is 907. The number of carbonyl (C=O) groups is 2. The summed E-state index contributed by atoms with van der Waals surface area (Å²) in [5, 5.41) is 10.8. The molecule has 7 heteroatoms. The Balaban J connectivity index is 1.96. The molecule has 2 atom stereocenters. The maximum absolute atomic E-state index is 12.8. The van der Waals surface area contributed by atoms with Crippen LogP contribution < -0.4 is 0 Å². The first-order valence-corrected chi connectivity index (χ1v) is 8.68. The largest absolute Gasteiger partial charge is 0.467 e. The standard InChI is InChI=1S/C20H20N2O5/c1-4-18(20(24)27-3)21-12(2)17-11-14(7-10-16(17)19(21)23)13-5-8-15(9-6-13)22(25)26/h5-12,18H,4H2,1-3H3/t12-,18-/m0/s1. The summed E-state index contributed by atoms with van der Waals surface area (Å²) < 4.78 is 4.85. The number of methoxy groups -OCH3 is 1. The second-order valence-corrected chi connectivity index (χ2v) is 6.44. The molecule has 1 heterocycles. The van der Waals surface area contributed by atoms with Crippen molar-refractivity contribution < 1.29 is 19.2 Å². The average Bonchev–Trinajstić information content (AvgIpc) is 2.93. The van der Waals surface area contributed by atoms with E-state index in [-0.39, 0.29) is 17.6 Å². The molecule has 7 nitrogen and oxygen atoms in total. The van der Waals surface area contributed by atoms with Crippen molar-refractivity contribution in [3.63, 3.8) is 0 Å². The van der Waals surface area contributed by atoms with E-state index in [0.29, 0.717) is 12.0 Å². The van der Waals surface area contributed by atoms with E-state index in [1.807, 2.05) is 26.0 Å². The van der Waals surface area contributed by atoms with Crippen molar-refractivity contribution in [1.82, 2.24) is 4.90 Å². The van der Waals surface area contributed by atoms with E-state index in [2.05, 4.69) is 0 Å². The van der Waals surface area contributed by atoms with Crippen molar-refractivity contribution in [2.24, 2.45) is 0 Å². The summed E-state index contributed by atoms with van der Waals surface area (Å²) in [4.78, 5) is 36.9. The molecule has 3 rings (SSSR count). The molecule has 27 heavy (non-hydrogen) atoms. The van der Waals surface area contributed by atoms with E-state index in [1.54, 1.807) is 23.1 Å². The lowest BCUT2D eigenvalue weighted by Crippen LogP contribution is -2.43. The quantitative estimate of drug-likeness (QED) is 0.456. The third kappa shape index (κ3) is 3.16. The van der Waals surface area contributed by atoms with Crippen molar-refractivity contribution in [3.05, 3.63) is 63.7 Å². The number of amides is 1. The number of fused-ring (bicyclic) bond motifs is 1. The Hall–Kier alpha value is -3.22. The highest BCUT2D eigenvalue weighted by molar-refractivity contribution is 6.02. The number of nitrogens with zero attached hydrogens (tertiary/aromatic N) is 2. The Kier molecular flexibility index (Phi) is 4.94. The van der Waals surface area contributed by atoms with Gasteiger partial charge in [0.15, 0.2) is 0 Å². The molecule has 0 N–H and O–H groups in total. The first-order chi connectivity index (χ1) is 12.9. The molecule has 0 aliphatic carbocycles. The number of ether oxygens (including phenoxy) is 1. The first kappa shape index (κ1) is 18.6. The van der Waals surface area contributed by atoms with Gasteiger partial charge in [0.2, 0.25) is 0 Å². The van der Waals surface area contributed by atoms with Crippen molar-refractivity contribution in [2.45, 2.75) is 32.4 Å². The fourth-order valence-corrected chi connectivity index (χ4v) is 3.55. The van der Waals surface area contributed by atoms with E-state index < -0.39 is 16.9 Å². The van der Waals surface area contributed by atoms with Crippen LogP contribution in [0.3, 0.4) is 0 Å². The summed E-state index contributed by atoms with van der Waals surface area (Å²) in [6.45, 7) is 3.72. The van der Waals surface area contributed by atoms with E-state index in [4.69, 9.17) is 4.74 Å². The number of hydrogen-bond acceptors (Lipinski definition) is 5. The third-order valence-electron chi connectivity index (χ3n) is 4.99. The van der Waals surface area contributed by atoms with Gasteiger partial charge < -0.3 is 9.64 Å². The SMILES string of the molecule is CC[C@@H](C(=O)OC)N1C(=O)c2ccc(-c3ccc([N+](=O)[O-])cc3)cc2[C@@H]1C. The van der Waals surface area contributed by atoms with Crippen LogP contribution in [0.25, 0.3) is 11.1 Å². The zero-order chi connectivity index (χ0) is 19.7. The van der Waals surface area contributed by atoms with Gasteiger partial charge >= 0.3 is 5.97 Å². The number of benzene rings is 2. The normalized spacial score (nSPS) is 16.8. The highest BCUT2D eigenvalue weighted by Gasteiger charge is 2.41. The van der Waals surface area contributed by atoms with Crippen molar-refractivity contribution in [3.8, 4) is 11.1 Å². The topological polar surface area (TPSA) is 89.8 Å². The first-order valence-electron chi connectivity index (χ1n) is 8.68. The maximum atomic E-state index is 12.8. The Morgan fingerprint density at radius 3 is 2.41 bits per heavy atom. The van der Waals surface area contributed by atoms with E-state index in [0.717, 1.165) is 16.7 Å². The summed E-state index contributed by atoms with van der Waals surface area (Å²) in [6.07, 6.45) is 0.464. The number of nitro groups is 1. The lowest BCUT2D eigenvalue weighted by atomic mass is 9.98. The third-order valence-corrected chi connectivity index (χ3v) is 4.99. The highest BCUT2D eigenvalue weighted by atomic mass is 16.6. The number of esters is 1. The van der Waals surface area contributed by atoms with Gasteiger partial charge in [-0.25, -0.2) is 4.79 Å². The molecular weight excluding hydrogens is 348 g/mol. The molecular formula is C20H20N2O5. The minimum absolute atomic E-state index is 0.0264. The van der Waals surface area contributed by atoms with Crippen LogP contribution in [0.15, 0.2) is 42.5 Å². The second kappa shape index (κ2) is 7.19. The number of rotatable bonds is 5. The van der Waals surface area contributed by atoms with Gasteiger partial charge in [0.05, 0.1) is 18.1 Å². The summed E-state index contributed by atoms with van der Waals surface area (Å²) in [5.41, 5.74) is 3.10.